The molecule has 1 aromatic rings. The van der Waals surface area contributed by atoms with Crippen molar-refractivity contribution in [3.63, 3.8) is 0 Å². The monoisotopic (exact) mass is 219 g/mol. The molecule has 0 fully saturated rings. The van der Waals surface area contributed by atoms with Gasteiger partial charge in [0, 0.05) is 12.6 Å². The molecule has 0 aliphatic heterocycles. The summed E-state index contributed by atoms with van der Waals surface area (Å²) in [5.41, 5.74) is 4.37. The molecule has 0 spiro atoms. The minimum Gasteiger partial charge on any atom is -0.392 e. The van der Waals surface area contributed by atoms with E-state index in [1.807, 2.05) is 6.92 Å². The van der Waals surface area contributed by atoms with Crippen molar-refractivity contribution in [3.8, 4) is 0 Å². The largest absolute Gasteiger partial charge is 0.392 e. The fraction of sp³-hybridized carbons (Fsp3) is 0.571. The molecule has 2 nitrogen and oxygen atoms in total. The lowest BCUT2D eigenvalue weighted by molar-refractivity contribution is 0.187. The van der Waals surface area contributed by atoms with E-state index in [9.17, 15) is 5.11 Å². The van der Waals surface area contributed by atoms with Crippen LogP contribution in [0.5, 0.6) is 0 Å². The summed E-state index contributed by atoms with van der Waals surface area (Å²) in [6, 6.07) is 7.12. The number of aliphatic hydroxyl groups is 1. The predicted molar refractivity (Wildman–Crippen MR) is 66.6 cm³/mol. The Labute approximate surface area is 97.7 Å². The van der Waals surface area contributed by atoms with E-state index in [1.54, 1.807) is 0 Å². The van der Waals surface area contributed by atoms with Gasteiger partial charge in [-0.15, -0.1) is 0 Å². The first kappa shape index (κ1) is 11.6. The maximum atomic E-state index is 9.24. The lowest BCUT2D eigenvalue weighted by Gasteiger charge is -2.16. The minimum absolute atomic E-state index is 0.281. The molecule has 2 N–H and O–H groups in total. The highest BCUT2D eigenvalue weighted by molar-refractivity contribution is 5.36. The van der Waals surface area contributed by atoms with Crippen LogP contribution in [0, 0.1) is 0 Å². The summed E-state index contributed by atoms with van der Waals surface area (Å²) in [5, 5.41) is 12.6. The van der Waals surface area contributed by atoms with E-state index in [0.29, 0.717) is 12.6 Å². The number of rotatable bonds is 4. The number of benzene rings is 1. The average molecular weight is 219 g/mol. The van der Waals surface area contributed by atoms with Gasteiger partial charge in [-0.25, -0.2) is 0 Å². The SMILES string of the molecule is CC(NC[C@@H](C)O)c1ccc2c(c1)CCC2. The fourth-order valence-corrected chi connectivity index (χ4v) is 2.33. The smallest absolute Gasteiger partial charge is 0.0636 e. The van der Waals surface area contributed by atoms with E-state index in [2.05, 4.69) is 30.4 Å². The minimum atomic E-state index is -0.281. The Bertz CT molecular complexity index is 360. The summed E-state index contributed by atoms with van der Waals surface area (Å²) in [7, 11) is 0. The lowest BCUT2D eigenvalue weighted by Crippen LogP contribution is -2.27. The molecule has 2 rings (SSSR count). The summed E-state index contributed by atoms with van der Waals surface area (Å²) in [4.78, 5) is 0. The van der Waals surface area contributed by atoms with Gasteiger partial charge in [-0.3, -0.25) is 0 Å². The molecular formula is C14H21NO. The van der Waals surface area contributed by atoms with Crippen molar-refractivity contribution in [2.45, 2.75) is 45.3 Å². The summed E-state index contributed by atoms with van der Waals surface area (Å²) in [6.07, 6.45) is 3.49. The maximum absolute atomic E-state index is 9.24. The highest BCUT2D eigenvalue weighted by Crippen LogP contribution is 2.25. The van der Waals surface area contributed by atoms with E-state index < -0.39 is 0 Å². The molecule has 88 valence electrons. The summed E-state index contributed by atoms with van der Waals surface area (Å²) >= 11 is 0. The third-order valence-electron chi connectivity index (χ3n) is 3.34. The van der Waals surface area contributed by atoms with Crippen LogP contribution in [0.1, 0.15) is 43.0 Å². The van der Waals surface area contributed by atoms with Crippen LogP contribution in [0.3, 0.4) is 0 Å². The second-order valence-electron chi connectivity index (χ2n) is 4.86. The van der Waals surface area contributed by atoms with Crippen molar-refractivity contribution >= 4 is 0 Å². The predicted octanol–water partition coefficient (Wildman–Crippen LogP) is 2.21. The topological polar surface area (TPSA) is 32.3 Å². The molecule has 1 unspecified atom stereocenters. The number of hydrogen-bond acceptors (Lipinski definition) is 2. The molecule has 2 heteroatoms. The molecule has 1 aliphatic rings. The van der Waals surface area contributed by atoms with Gasteiger partial charge in [0.1, 0.15) is 0 Å². The molecule has 0 saturated heterocycles. The van der Waals surface area contributed by atoms with E-state index in [1.165, 1.54) is 36.0 Å². The van der Waals surface area contributed by atoms with Crippen molar-refractivity contribution in [1.29, 1.82) is 0 Å². The van der Waals surface area contributed by atoms with Crippen molar-refractivity contribution < 1.29 is 5.11 Å². The van der Waals surface area contributed by atoms with E-state index in [4.69, 9.17) is 0 Å². The van der Waals surface area contributed by atoms with Gasteiger partial charge in [0.05, 0.1) is 6.10 Å². The first-order valence-corrected chi connectivity index (χ1v) is 6.20. The van der Waals surface area contributed by atoms with Gasteiger partial charge in [-0.2, -0.15) is 0 Å². The molecule has 0 bridgehead atoms. The Kier molecular flexibility index (Phi) is 3.62. The Morgan fingerprint density at radius 1 is 1.25 bits per heavy atom. The second kappa shape index (κ2) is 4.98. The van der Waals surface area contributed by atoms with Gasteiger partial charge in [-0.05, 0) is 49.8 Å². The number of aliphatic hydroxyl groups excluding tert-OH is 1. The van der Waals surface area contributed by atoms with Crippen LogP contribution < -0.4 is 5.32 Å². The zero-order valence-electron chi connectivity index (χ0n) is 10.2. The Balaban J connectivity index is 2.03. The van der Waals surface area contributed by atoms with E-state index in [0.717, 1.165) is 0 Å². The molecule has 0 saturated carbocycles. The lowest BCUT2D eigenvalue weighted by atomic mass is 10.0. The van der Waals surface area contributed by atoms with E-state index in [-0.39, 0.29) is 6.10 Å². The average Bonchev–Trinajstić information content (AvgIpc) is 2.72. The Morgan fingerprint density at radius 3 is 2.75 bits per heavy atom. The quantitative estimate of drug-likeness (QED) is 0.813. The molecule has 2 atom stereocenters. The molecule has 0 aromatic heterocycles. The first-order valence-electron chi connectivity index (χ1n) is 6.20. The van der Waals surface area contributed by atoms with Gasteiger partial charge in [0.25, 0.3) is 0 Å². The van der Waals surface area contributed by atoms with Crippen LogP contribution in [0.15, 0.2) is 18.2 Å². The molecule has 16 heavy (non-hydrogen) atoms. The van der Waals surface area contributed by atoms with Gasteiger partial charge in [-0.1, -0.05) is 18.2 Å². The van der Waals surface area contributed by atoms with Crippen LogP contribution in [0.4, 0.5) is 0 Å². The Hall–Kier alpha value is -0.860. The highest BCUT2D eigenvalue weighted by Gasteiger charge is 2.13. The molecule has 1 aliphatic carbocycles. The van der Waals surface area contributed by atoms with Gasteiger partial charge in [0.15, 0.2) is 0 Å². The molecule has 0 radical (unpaired) electrons. The maximum Gasteiger partial charge on any atom is 0.0636 e. The third-order valence-corrected chi connectivity index (χ3v) is 3.34. The number of fused-ring (bicyclic) bond motifs is 1. The van der Waals surface area contributed by atoms with Crippen molar-refractivity contribution in [1.82, 2.24) is 5.32 Å². The normalized spacial score (nSPS) is 18.2. The number of hydrogen-bond donors (Lipinski definition) is 2. The number of nitrogens with one attached hydrogen (secondary N) is 1. The summed E-state index contributed by atoms with van der Waals surface area (Å²) in [5.74, 6) is 0. The van der Waals surface area contributed by atoms with Crippen LogP contribution in [-0.4, -0.2) is 17.8 Å². The second-order valence-corrected chi connectivity index (χ2v) is 4.86. The molecule has 0 amide bonds. The third kappa shape index (κ3) is 2.63. The van der Waals surface area contributed by atoms with Crippen molar-refractivity contribution in [3.05, 3.63) is 34.9 Å². The van der Waals surface area contributed by atoms with Crippen LogP contribution in [0.25, 0.3) is 0 Å². The van der Waals surface area contributed by atoms with Crippen LogP contribution >= 0.6 is 0 Å². The molecule has 0 heterocycles. The molecule has 1 aromatic carbocycles. The summed E-state index contributed by atoms with van der Waals surface area (Å²) < 4.78 is 0. The van der Waals surface area contributed by atoms with Gasteiger partial charge >= 0.3 is 0 Å². The highest BCUT2D eigenvalue weighted by atomic mass is 16.3. The van der Waals surface area contributed by atoms with Gasteiger partial charge < -0.3 is 10.4 Å². The van der Waals surface area contributed by atoms with Crippen molar-refractivity contribution in [2.24, 2.45) is 0 Å². The number of aryl methyl sites for hydroxylation is 2. The van der Waals surface area contributed by atoms with E-state index >= 15 is 0 Å². The Morgan fingerprint density at radius 2 is 2.00 bits per heavy atom. The van der Waals surface area contributed by atoms with Crippen molar-refractivity contribution in [2.75, 3.05) is 6.54 Å². The van der Waals surface area contributed by atoms with Gasteiger partial charge in [0.2, 0.25) is 0 Å². The zero-order chi connectivity index (χ0) is 11.5. The molecular weight excluding hydrogens is 198 g/mol. The first-order chi connectivity index (χ1) is 7.66. The van der Waals surface area contributed by atoms with Crippen LogP contribution in [-0.2, 0) is 12.8 Å². The standard InChI is InChI=1S/C14H21NO/c1-10(16)9-15-11(2)13-7-6-12-4-3-5-14(12)8-13/h6-8,10-11,15-16H,3-5,9H2,1-2H3/t10-,11?/m1/s1. The fourth-order valence-electron chi connectivity index (χ4n) is 2.33. The van der Waals surface area contributed by atoms with Crippen LogP contribution in [0.2, 0.25) is 0 Å². The summed E-state index contributed by atoms with van der Waals surface area (Å²) in [6.45, 7) is 4.61. The zero-order valence-corrected chi connectivity index (χ0v) is 10.2.